The molecule has 0 saturated heterocycles. The SMILES string of the molecule is COc1ccc(NC(=O)C(C)NS(=O)(=O)c2ccc(Br)cc2)cc1. The van der Waals surface area contributed by atoms with Gasteiger partial charge in [0.25, 0.3) is 0 Å². The van der Waals surface area contributed by atoms with Gasteiger partial charge in [-0.25, -0.2) is 8.42 Å². The minimum atomic E-state index is -3.78. The summed E-state index contributed by atoms with van der Waals surface area (Å²) in [5.41, 5.74) is 0.551. The maximum Gasteiger partial charge on any atom is 0.242 e. The molecule has 0 aliphatic carbocycles. The topological polar surface area (TPSA) is 84.5 Å². The summed E-state index contributed by atoms with van der Waals surface area (Å²) in [6.07, 6.45) is 0. The first-order valence-electron chi connectivity index (χ1n) is 7.04. The van der Waals surface area contributed by atoms with Gasteiger partial charge in [-0.3, -0.25) is 4.79 Å². The van der Waals surface area contributed by atoms with Crippen molar-refractivity contribution in [1.29, 1.82) is 0 Å². The van der Waals surface area contributed by atoms with Crippen LogP contribution in [0.5, 0.6) is 5.75 Å². The van der Waals surface area contributed by atoms with Crippen molar-refractivity contribution in [3.8, 4) is 5.75 Å². The lowest BCUT2D eigenvalue weighted by Crippen LogP contribution is -2.41. The molecule has 0 aliphatic rings. The molecule has 1 amide bonds. The molecule has 0 aromatic heterocycles. The summed E-state index contributed by atoms with van der Waals surface area (Å²) in [4.78, 5) is 12.2. The summed E-state index contributed by atoms with van der Waals surface area (Å²) in [6.45, 7) is 1.48. The summed E-state index contributed by atoms with van der Waals surface area (Å²) in [7, 11) is -2.23. The van der Waals surface area contributed by atoms with Gasteiger partial charge in [-0.2, -0.15) is 4.72 Å². The number of halogens is 1. The van der Waals surface area contributed by atoms with Crippen molar-refractivity contribution in [3.05, 3.63) is 53.0 Å². The third-order valence-electron chi connectivity index (χ3n) is 3.21. The van der Waals surface area contributed by atoms with Crippen molar-refractivity contribution in [1.82, 2.24) is 4.72 Å². The first-order valence-corrected chi connectivity index (χ1v) is 9.32. The van der Waals surface area contributed by atoms with Crippen molar-refractivity contribution < 1.29 is 17.9 Å². The maximum atomic E-state index is 12.3. The number of carbonyl (C=O) groups is 1. The van der Waals surface area contributed by atoms with Gasteiger partial charge in [0.2, 0.25) is 15.9 Å². The van der Waals surface area contributed by atoms with Crippen LogP contribution in [-0.2, 0) is 14.8 Å². The third-order valence-corrected chi connectivity index (χ3v) is 5.29. The first-order chi connectivity index (χ1) is 11.3. The van der Waals surface area contributed by atoms with Gasteiger partial charge in [-0.15, -0.1) is 0 Å². The van der Waals surface area contributed by atoms with Crippen LogP contribution in [-0.4, -0.2) is 27.5 Å². The second kappa shape index (κ2) is 7.78. The number of benzene rings is 2. The normalized spacial score (nSPS) is 12.5. The zero-order valence-electron chi connectivity index (χ0n) is 13.1. The van der Waals surface area contributed by atoms with Gasteiger partial charge in [0.1, 0.15) is 5.75 Å². The number of amides is 1. The highest BCUT2D eigenvalue weighted by Crippen LogP contribution is 2.16. The van der Waals surface area contributed by atoms with E-state index in [0.29, 0.717) is 11.4 Å². The number of hydrogen-bond donors (Lipinski definition) is 2. The molecule has 0 heterocycles. The molecule has 2 rings (SSSR count). The van der Waals surface area contributed by atoms with Crippen LogP contribution in [0.4, 0.5) is 5.69 Å². The Bertz CT molecular complexity index is 805. The van der Waals surface area contributed by atoms with Gasteiger partial charge in [0.15, 0.2) is 0 Å². The number of rotatable bonds is 6. The van der Waals surface area contributed by atoms with Crippen LogP contribution in [0.3, 0.4) is 0 Å². The van der Waals surface area contributed by atoms with Crippen LogP contribution in [0.15, 0.2) is 57.9 Å². The van der Waals surface area contributed by atoms with E-state index in [9.17, 15) is 13.2 Å². The maximum absolute atomic E-state index is 12.3. The largest absolute Gasteiger partial charge is 0.497 e. The molecule has 2 aromatic carbocycles. The Morgan fingerprint density at radius 2 is 1.67 bits per heavy atom. The quantitative estimate of drug-likeness (QED) is 0.763. The fourth-order valence-corrected chi connectivity index (χ4v) is 3.36. The molecule has 0 spiro atoms. The Hall–Kier alpha value is -1.90. The molecule has 24 heavy (non-hydrogen) atoms. The van der Waals surface area contributed by atoms with Gasteiger partial charge < -0.3 is 10.1 Å². The van der Waals surface area contributed by atoms with Gasteiger partial charge in [-0.1, -0.05) is 15.9 Å². The molecule has 0 fully saturated rings. The van der Waals surface area contributed by atoms with E-state index < -0.39 is 22.0 Å². The highest BCUT2D eigenvalue weighted by molar-refractivity contribution is 9.10. The monoisotopic (exact) mass is 412 g/mol. The molecule has 1 unspecified atom stereocenters. The van der Waals surface area contributed by atoms with Crippen LogP contribution in [0.25, 0.3) is 0 Å². The predicted molar refractivity (Wildman–Crippen MR) is 95.5 cm³/mol. The zero-order chi connectivity index (χ0) is 17.7. The van der Waals surface area contributed by atoms with E-state index in [4.69, 9.17) is 4.74 Å². The number of ether oxygens (including phenoxy) is 1. The van der Waals surface area contributed by atoms with E-state index in [0.717, 1.165) is 4.47 Å². The number of methoxy groups -OCH3 is 1. The van der Waals surface area contributed by atoms with Gasteiger partial charge in [-0.05, 0) is 55.5 Å². The van der Waals surface area contributed by atoms with Crippen molar-refractivity contribution in [2.24, 2.45) is 0 Å². The minimum absolute atomic E-state index is 0.0924. The average molecular weight is 413 g/mol. The fraction of sp³-hybridized carbons (Fsp3) is 0.188. The van der Waals surface area contributed by atoms with E-state index in [-0.39, 0.29) is 4.90 Å². The molecule has 128 valence electrons. The summed E-state index contributed by atoms with van der Waals surface area (Å²) in [5, 5.41) is 2.65. The van der Waals surface area contributed by atoms with Gasteiger partial charge >= 0.3 is 0 Å². The van der Waals surface area contributed by atoms with Crippen LogP contribution >= 0.6 is 15.9 Å². The lowest BCUT2D eigenvalue weighted by atomic mass is 10.2. The van der Waals surface area contributed by atoms with Crippen LogP contribution in [0.1, 0.15) is 6.92 Å². The second-order valence-corrected chi connectivity index (χ2v) is 7.64. The summed E-state index contributed by atoms with van der Waals surface area (Å²) in [6, 6.07) is 12.0. The van der Waals surface area contributed by atoms with Crippen molar-refractivity contribution >= 4 is 37.5 Å². The molecule has 2 N–H and O–H groups in total. The molecule has 0 aliphatic heterocycles. The molecule has 2 aromatic rings. The summed E-state index contributed by atoms with van der Waals surface area (Å²) >= 11 is 3.25. The van der Waals surface area contributed by atoms with E-state index in [1.54, 1.807) is 43.5 Å². The van der Waals surface area contributed by atoms with Crippen LogP contribution < -0.4 is 14.8 Å². The van der Waals surface area contributed by atoms with Crippen molar-refractivity contribution in [2.75, 3.05) is 12.4 Å². The molecule has 1 atom stereocenters. The Labute approximate surface area is 149 Å². The van der Waals surface area contributed by atoms with E-state index >= 15 is 0 Å². The molecule has 6 nitrogen and oxygen atoms in total. The summed E-state index contributed by atoms with van der Waals surface area (Å²) < 4.78 is 32.7. The van der Waals surface area contributed by atoms with E-state index in [2.05, 4.69) is 26.0 Å². The first kappa shape index (κ1) is 18.4. The van der Waals surface area contributed by atoms with Crippen molar-refractivity contribution in [2.45, 2.75) is 17.9 Å². The summed E-state index contributed by atoms with van der Waals surface area (Å²) in [5.74, 6) is 0.206. The highest BCUT2D eigenvalue weighted by atomic mass is 79.9. The lowest BCUT2D eigenvalue weighted by molar-refractivity contribution is -0.117. The lowest BCUT2D eigenvalue weighted by Gasteiger charge is -2.14. The second-order valence-electron chi connectivity index (χ2n) is 5.01. The molecule has 8 heteroatoms. The van der Waals surface area contributed by atoms with Crippen LogP contribution in [0, 0.1) is 0 Å². The Kier molecular flexibility index (Phi) is 5.98. The smallest absolute Gasteiger partial charge is 0.242 e. The highest BCUT2D eigenvalue weighted by Gasteiger charge is 2.22. The molecule has 0 bridgehead atoms. The Morgan fingerprint density at radius 1 is 1.08 bits per heavy atom. The number of sulfonamides is 1. The average Bonchev–Trinajstić information content (AvgIpc) is 2.55. The number of hydrogen-bond acceptors (Lipinski definition) is 4. The van der Waals surface area contributed by atoms with Gasteiger partial charge in [0.05, 0.1) is 18.0 Å². The predicted octanol–water partition coefficient (Wildman–Crippen LogP) is 2.76. The fourth-order valence-electron chi connectivity index (χ4n) is 1.89. The molecular weight excluding hydrogens is 396 g/mol. The van der Waals surface area contributed by atoms with Crippen molar-refractivity contribution in [3.63, 3.8) is 0 Å². The van der Waals surface area contributed by atoms with E-state index in [1.807, 2.05) is 0 Å². The standard InChI is InChI=1S/C16H17BrN2O4S/c1-11(16(20)18-13-5-7-14(23-2)8-6-13)19-24(21,22)15-9-3-12(17)4-10-15/h3-11,19H,1-2H3,(H,18,20). The number of carbonyl (C=O) groups excluding carboxylic acids is 1. The molecule has 0 saturated carbocycles. The minimum Gasteiger partial charge on any atom is -0.497 e. The molecule has 0 radical (unpaired) electrons. The van der Waals surface area contributed by atoms with Gasteiger partial charge in [0, 0.05) is 10.2 Å². The Balaban J connectivity index is 2.03. The number of nitrogens with one attached hydrogen (secondary N) is 2. The zero-order valence-corrected chi connectivity index (χ0v) is 15.5. The van der Waals surface area contributed by atoms with E-state index in [1.165, 1.54) is 19.1 Å². The number of anilines is 1. The Morgan fingerprint density at radius 3 is 2.21 bits per heavy atom. The third kappa shape index (κ3) is 4.80. The molecular formula is C16H17BrN2O4S. The van der Waals surface area contributed by atoms with Crippen LogP contribution in [0.2, 0.25) is 0 Å².